The fraction of sp³-hybridized carbons (Fsp3) is 0.633. The van der Waals surface area contributed by atoms with E-state index in [1.807, 2.05) is 39.8 Å². The zero-order chi connectivity index (χ0) is 26.9. The molecule has 0 bridgehead atoms. The van der Waals surface area contributed by atoms with Crippen molar-refractivity contribution in [2.24, 2.45) is 11.8 Å². The largest absolute Gasteiger partial charge is 0.460 e. The van der Waals surface area contributed by atoms with Crippen LogP contribution in [0.25, 0.3) is 0 Å². The van der Waals surface area contributed by atoms with Crippen molar-refractivity contribution >= 4 is 29.2 Å². The molecule has 0 saturated heterocycles. The molecule has 1 N–H and O–H groups in total. The lowest BCUT2D eigenvalue weighted by molar-refractivity contribution is -0.155. The highest BCUT2D eigenvalue weighted by atomic mass is 35.5. The van der Waals surface area contributed by atoms with Gasteiger partial charge in [-0.1, -0.05) is 36.7 Å². The van der Waals surface area contributed by atoms with Crippen LogP contribution in [0.3, 0.4) is 0 Å². The molecule has 2 saturated carbocycles. The molecule has 1 amide bonds. The molecule has 1 aromatic carbocycles. The molecular formula is C30H41ClN2O4. The van der Waals surface area contributed by atoms with E-state index in [0.717, 1.165) is 54.2 Å². The lowest BCUT2D eigenvalue weighted by Gasteiger charge is -2.35. The Balaban J connectivity index is 1.56. The second-order valence-corrected chi connectivity index (χ2v) is 12.9. The average molecular weight is 529 g/mol. The van der Waals surface area contributed by atoms with Gasteiger partial charge >= 0.3 is 5.97 Å². The number of halogens is 1. The minimum Gasteiger partial charge on any atom is -0.460 e. The topological polar surface area (TPSA) is 81.4 Å². The van der Waals surface area contributed by atoms with E-state index >= 15 is 0 Å². The van der Waals surface area contributed by atoms with Crippen LogP contribution in [0.4, 0.5) is 5.69 Å². The number of benzene rings is 1. The van der Waals surface area contributed by atoms with E-state index in [1.54, 1.807) is 6.07 Å². The van der Waals surface area contributed by atoms with Gasteiger partial charge in [-0.25, -0.2) is 0 Å². The monoisotopic (exact) mass is 528 g/mol. The van der Waals surface area contributed by atoms with Crippen LogP contribution in [0, 0.1) is 18.8 Å². The van der Waals surface area contributed by atoms with Crippen LogP contribution in [-0.2, 0) is 14.3 Å². The van der Waals surface area contributed by atoms with Gasteiger partial charge in [-0.15, -0.1) is 0 Å². The highest BCUT2D eigenvalue weighted by Gasteiger charge is 2.42. The molecule has 0 radical (unpaired) electrons. The smallest absolute Gasteiger partial charge is 0.307 e. The van der Waals surface area contributed by atoms with Crippen LogP contribution in [0.1, 0.15) is 120 Å². The first-order valence-corrected chi connectivity index (χ1v) is 14.0. The Kier molecular flexibility index (Phi) is 8.37. The summed E-state index contributed by atoms with van der Waals surface area (Å²) < 4.78 is 11.6. The number of hydrogen-bond donors (Lipinski definition) is 1. The van der Waals surface area contributed by atoms with Crippen LogP contribution in [-0.4, -0.2) is 22.6 Å². The van der Waals surface area contributed by atoms with Gasteiger partial charge in [-0.3, -0.25) is 9.59 Å². The number of aryl methyl sites for hydroxylation is 1. The zero-order valence-corrected chi connectivity index (χ0v) is 23.8. The molecular weight excluding hydrogens is 488 g/mol. The van der Waals surface area contributed by atoms with Gasteiger partial charge in [0.05, 0.1) is 22.8 Å². The fourth-order valence-electron chi connectivity index (χ4n) is 5.51. The number of nitrogens with one attached hydrogen (secondary N) is 1. The van der Waals surface area contributed by atoms with Crippen LogP contribution in [0.5, 0.6) is 0 Å². The minimum atomic E-state index is -0.607. The molecule has 1 aromatic heterocycles. The molecule has 202 valence electrons. The first kappa shape index (κ1) is 27.7. The first-order chi connectivity index (χ1) is 17.4. The number of nitrogens with zero attached hydrogens (tertiary/aromatic N) is 1. The number of amides is 1. The first-order valence-electron chi connectivity index (χ1n) is 13.7. The van der Waals surface area contributed by atoms with E-state index < -0.39 is 11.5 Å². The number of hydrogen-bond acceptors (Lipinski definition) is 5. The maximum atomic E-state index is 13.2. The number of esters is 1. The van der Waals surface area contributed by atoms with Crippen LogP contribution >= 0.6 is 11.6 Å². The van der Waals surface area contributed by atoms with Crippen molar-refractivity contribution in [1.82, 2.24) is 5.16 Å². The van der Waals surface area contributed by atoms with E-state index in [9.17, 15) is 9.59 Å². The predicted octanol–water partition coefficient (Wildman–Crippen LogP) is 7.90. The SMILES string of the molecule is Cc1ccc(Cl)c(NC(=O)CC(CC(=O)OC(C)(C)C)c2noc(C3CC(CC(C)C)C3)c2C2CC2)c1. The normalized spacial score (nSPS) is 20.4. The van der Waals surface area contributed by atoms with E-state index in [4.69, 9.17) is 20.9 Å². The van der Waals surface area contributed by atoms with Gasteiger partial charge in [-0.05, 0) is 95.2 Å². The molecule has 1 unspecified atom stereocenters. The standard InChI is InChI=1S/C30H41ClN2O4/c1-17(2)11-19-13-22(14-19)29-27(20-8-9-20)28(33-37-29)21(16-26(35)36-30(4,5)6)15-25(34)32-24-12-18(3)7-10-23(24)31/h7,10,12,17,19-22H,8-9,11,13-16H2,1-6H3,(H,32,34). The van der Waals surface area contributed by atoms with Crippen LogP contribution in [0.2, 0.25) is 5.02 Å². The van der Waals surface area contributed by atoms with E-state index in [1.165, 1.54) is 6.42 Å². The minimum absolute atomic E-state index is 0.0680. The Morgan fingerprint density at radius 2 is 1.86 bits per heavy atom. The molecule has 0 spiro atoms. The van der Waals surface area contributed by atoms with Crippen molar-refractivity contribution in [1.29, 1.82) is 0 Å². The summed E-state index contributed by atoms with van der Waals surface area (Å²) in [7, 11) is 0. The molecule has 4 rings (SSSR count). The van der Waals surface area contributed by atoms with Gasteiger partial charge < -0.3 is 14.6 Å². The van der Waals surface area contributed by atoms with E-state index in [-0.39, 0.29) is 24.7 Å². The van der Waals surface area contributed by atoms with Crippen molar-refractivity contribution in [3.05, 3.63) is 45.8 Å². The average Bonchev–Trinajstić information content (AvgIpc) is 3.49. The number of anilines is 1. The summed E-state index contributed by atoms with van der Waals surface area (Å²) in [4.78, 5) is 26.1. The molecule has 7 heteroatoms. The number of ether oxygens (including phenoxy) is 1. The molecule has 1 heterocycles. The third-order valence-electron chi connectivity index (χ3n) is 7.23. The quantitative estimate of drug-likeness (QED) is 0.317. The van der Waals surface area contributed by atoms with E-state index in [2.05, 4.69) is 24.3 Å². The second-order valence-electron chi connectivity index (χ2n) is 12.5. The predicted molar refractivity (Wildman–Crippen MR) is 146 cm³/mol. The summed E-state index contributed by atoms with van der Waals surface area (Å²) in [5, 5.41) is 7.93. The number of carbonyl (C=O) groups excluding carboxylic acids is 2. The van der Waals surface area contributed by atoms with Gasteiger partial charge in [-0.2, -0.15) is 0 Å². The molecule has 6 nitrogen and oxygen atoms in total. The summed E-state index contributed by atoms with van der Waals surface area (Å²) in [6.07, 6.45) is 5.82. The van der Waals surface area contributed by atoms with Crippen molar-refractivity contribution < 1.29 is 18.8 Å². The number of aromatic nitrogens is 1. The Morgan fingerprint density at radius 1 is 1.16 bits per heavy atom. The third-order valence-corrected chi connectivity index (χ3v) is 7.56. The molecule has 0 aliphatic heterocycles. The highest BCUT2D eigenvalue weighted by molar-refractivity contribution is 6.33. The van der Waals surface area contributed by atoms with Gasteiger partial charge in [0.15, 0.2) is 0 Å². The molecule has 2 fully saturated rings. The van der Waals surface area contributed by atoms with Crippen molar-refractivity contribution in [2.75, 3.05) is 5.32 Å². The summed E-state index contributed by atoms with van der Waals surface area (Å²) >= 11 is 6.31. The Labute approximate surface area is 225 Å². The Bertz CT molecular complexity index is 1120. The fourth-order valence-corrected chi connectivity index (χ4v) is 5.68. The maximum absolute atomic E-state index is 13.2. The number of rotatable bonds is 10. The lowest BCUT2D eigenvalue weighted by Crippen LogP contribution is -2.26. The van der Waals surface area contributed by atoms with Gasteiger partial charge in [0.1, 0.15) is 11.4 Å². The molecule has 2 aliphatic carbocycles. The van der Waals surface area contributed by atoms with Crippen LogP contribution in [0.15, 0.2) is 22.7 Å². The summed E-state index contributed by atoms with van der Waals surface area (Å²) in [5.41, 5.74) is 2.85. The summed E-state index contributed by atoms with van der Waals surface area (Å²) in [6.45, 7) is 12.0. The zero-order valence-electron chi connectivity index (χ0n) is 23.0. The summed E-state index contributed by atoms with van der Waals surface area (Å²) in [5.74, 6) is 2.19. The lowest BCUT2D eigenvalue weighted by atomic mass is 9.69. The third kappa shape index (κ3) is 7.37. The van der Waals surface area contributed by atoms with Crippen molar-refractivity contribution in [2.45, 2.75) is 110 Å². The van der Waals surface area contributed by atoms with Crippen molar-refractivity contribution in [3.8, 4) is 0 Å². The van der Waals surface area contributed by atoms with Crippen molar-refractivity contribution in [3.63, 3.8) is 0 Å². The molecule has 2 aliphatic rings. The molecule has 1 atom stereocenters. The number of carbonyl (C=O) groups is 2. The molecule has 2 aromatic rings. The summed E-state index contributed by atoms with van der Waals surface area (Å²) in [6, 6.07) is 5.51. The van der Waals surface area contributed by atoms with Gasteiger partial charge in [0.25, 0.3) is 0 Å². The maximum Gasteiger partial charge on any atom is 0.307 e. The van der Waals surface area contributed by atoms with E-state index in [0.29, 0.717) is 28.5 Å². The van der Waals surface area contributed by atoms with Gasteiger partial charge in [0, 0.05) is 23.8 Å². The Morgan fingerprint density at radius 3 is 2.49 bits per heavy atom. The van der Waals surface area contributed by atoms with Crippen LogP contribution < -0.4 is 5.32 Å². The van der Waals surface area contributed by atoms with Gasteiger partial charge in [0.2, 0.25) is 5.91 Å². The Hall–Kier alpha value is -2.34. The molecule has 37 heavy (non-hydrogen) atoms. The highest BCUT2D eigenvalue weighted by Crippen LogP contribution is 2.52. The second kappa shape index (κ2) is 11.2.